The third-order valence-electron chi connectivity index (χ3n) is 1.78. The van der Waals surface area contributed by atoms with Crippen LogP contribution in [-0.2, 0) is 0 Å². The Bertz CT molecular complexity index is 421. The van der Waals surface area contributed by atoms with Crippen molar-refractivity contribution in [3.8, 4) is 12.3 Å². The Morgan fingerprint density at radius 1 is 1.67 bits per heavy atom. The van der Waals surface area contributed by atoms with Crippen molar-refractivity contribution in [3.63, 3.8) is 0 Å². The molecular formula is C11H11FN2O. The molecule has 1 N–H and O–H groups in total. The van der Waals surface area contributed by atoms with Gasteiger partial charge in [-0.25, -0.2) is 4.98 Å². The van der Waals surface area contributed by atoms with Crippen LogP contribution in [0, 0.1) is 18.3 Å². The highest BCUT2D eigenvalue weighted by molar-refractivity contribution is 5.94. The van der Waals surface area contributed by atoms with Crippen LogP contribution in [0.15, 0.2) is 18.3 Å². The van der Waals surface area contributed by atoms with Gasteiger partial charge in [-0.15, -0.1) is 6.42 Å². The fraction of sp³-hybridized carbons (Fsp3) is 0.273. The number of pyridine rings is 1. The minimum absolute atomic E-state index is 0.200. The van der Waals surface area contributed by atoms with Gasteiger partial charge in [0.15, 0.2) is 0 Å². The molecule has 1 aromatic heterocycles. The molecule has 0 radical (unpaired) electrons. The van der Waals surface area contributed by atoms with Crippen molar-refractivity contribution in [2.24, 2.45) is 0 Å². The van der Waals surface area contributed by atoms with Gasteiger partial charge in [0, 0.05) is 17.8 Å². The lowest BCUT2D eigenvalue weighted by Gasteiger charge is -2.19. The molecule has 0 atom stereocenters. The van der Waals surface area contributed by atoms with E-state index in [9.17, 15) is 9.18 Å². The molecular weight excluding hydrogens is 195 g/mol. The molecule has 3 nitrogen and oxygen atoms in total. The molecule has 4 heteroatoms. The summed E-state index contributed by atoms with van der Waals surface area (Å²) < 4.78 is 12.7. The first-order chi connectivity index (χ1) is 6.94. The highest BCUT2D eigenvalue weighted by atomic mass is 19.1. The summed E-state index contributed by atoms with van der Waals surface area (Å²) in [6.07, 6.45) is 6.44. The lowest BCUT2D eigenvalue weighted by atomic mass is 10.1. The van der Waals surface area contributed by atoms with E-state index in [0.29, 0.717) is 0 Å². The number of nitrogens with zero attached hydrogens (tertiary/aromatic N) is 1. The molecule has 0 saturated heterocycles. The van der Waals surface area contributed by atoms with Crippen molar-refractivity contribution in [2.75, 3.05) is 0 Å². The maximum atomic E-state index is 12.7. The van der Waals surface area contributed by atoms with Crippen molar-refractivity contribution in [1.82, 2.24) is 10.3 Å². The van der Waals surface area contributed by atoms with Gasteiger partial charge in [0.25, 0.3) is 5.91 Å². The van der Waals surface area contributed by atoms with Gasteiger partial charge in [-0.3, -0.25) is 4.79 Å². The first-order valence-electron chi connectivity index (χ1n) is 4.36. The average Bonchev–Trinajstić information content (AvgIpc) is 2.17. The highest BCUT2D eigenvalue weighted by Gasteiger charge is 2.18. The number of carbonyl (C=O) groups is 1. The second-order valence-corrected chi connectivity index (χ2v) is 3.59. The number of rotatable bonds is 2. The van der Waals surface area contributed by atoms with E-state index in [1.807, 2.05) is 0 Å². The third kappa shape index (κ3) is 3.06. The number of carbonyl (C=O) groups excluding carboxylic acids is 1. The topological polar surface area (TPSA) is 42.0 Å². The Hall–Kier alpha value is -1.89. The predicted molar refractivity (Wildman–Crippen MR) is 54.6 cm³/mol. The minimum atomic E-state index is -0.753. The number of aromatic nitrogens is 1. The quantitative estimate of drug-likeness (QED) is 0.586. The van der Waals surface area contributed by atoms with Gasteiger partial charge in [-0.2, -0.15) is 4.39 Å². The number of halogens is 1. The number of hydrogen-bond donors (Lipinski definition) is 1. The standard InChI is InChI=1S/C11H11FN2O/c1-4-11(2,3)14-10(15)8-5-6-13-9(12)7-8/h1,5-7H,2-3H3,(H,14,15). The zero-order valence-corrected chi connectivity index (χ0v) is 8.54. The molecule has 0 aliphatic rings. The molecule has 78 valence electrons. The van der Waals surface area contributed by atoms with Crippen molar-refractivity contribution >= 4 is 5.91 Å². The lowest BCUT2D eigenvalue weighted by molar-refractivity contribution is 0.0929. The zero-order valence-electron chi connectivity index (χ0n) is 8.54. The van der Waals surface area contributed by atoms with E-state index in [2.05, 4.69) is 16.2 Å². The van der Waals surface area contributed by atoms with Crippen LogP contribution in [0.25, 0.3) is 0 Å². The molecule has 1 amide bonds. The summed E-state index contributed by atoms with van der Waals surface area (Å²) in [5, 5.41) is 2.58. The maximum absolute atomic E-state index is 12.7. The molecule has 0 bridgehead atoms. The summed E-state index contributed by atoms with van der Waals surface area (Å²) >= 11 is 0. The van der Waals surface area contributed by atoms with Crippen LogP contribution in [0.2, 0.25) is 0 Å². The fourth-order valence-electron chi connectivity index (χ4n) is 0.936. The average molecular weight is 206 g/mol. The first kappa shape index (κ1) is 11.2. The second-order valence-electron chi connectivity index (χ2n) is 3.59. The van der Waals surface area contributed by atoms with Gasteiger partial charge < -0.3 is 5.32 Å². The van der Waals surface area contributed by atoms with Crippen molar-refractivity contribution in [1.29, 1.82) is 0 Å². The summed E-state index contributed by atoms with van der Waals surface area (Å²) in [6.45, 7) is 3.37. The van der Waals surface area contributed by atoms with Crippen LogP contribution >= 0.6 is 0 Å². The molecule has 1 aromatic rings. The predicted octanol–water partition coefficient (Wildman–Crippen LogP) is 1.36. The number of terminal acetylenes is 1. The maximum Gasteiger partial charge on any atom is 0.252 e. The Balaban J connectivity index is 2.84. The van der Waals surface area contributed by atoms with Gasteiger partial charge in [0.1, 0.15) is 0 Å². The molecule has 0 unspecified atom stereocenters. The van der Waals surface area contributed by atoms with Crippen LogP contribution in [-0.4, -0.2) is 16.4 Å². The SMILES string of the molecule is C#CC(C)(C)NC(=O)c1ccnc(F)c1. The van der Waals surface area contributed by atoms with Crippen LogP contribution in [0.4, 0.5) is 4.39 Å². The van der Waals surface area contributed by atoms with Crippen LogP contribution < -0.4 is 5.32 Å². The smallest absolute Gasteiger partial charge is 0.252 e. The summed E-state index contributed by atoms with van der Waals surface area (Å²) in [5.41, 5.74) is -0.553. The van der Waals surface area contributed by atoms with Crippen LogP contribution in [0.1, 0.15) is 24.2 Å². The molecule has 0 aromatic carbocycles. The van der Waals surface area contributed by atoms with Crippen molar-refractivity contribution < 1.29 is 9.18 Å². The Kier molecular flexibility index (Phi) is 3.05. The molecule has 0 aliphatic heterocycles. The molecule has 0 aliphatic carbocycles. The Morgan fingerprint density at radius 2 is 2.33 bits per heavy atom. The normalized spacial score (nSPS) is 10.5. The summed E-state index contributed by atoms with van der Waals surface area (Å²) in [4.78, 5) is 14.9. The number of hydrogen-bond acceptors (Lipinski definition) is 2. The van der Waals surface area contributed by atoms with Crippen LogP contribution in [0.3, 0.4) is 0 Å². The molecule has 0 spiro atoms. The van der Waals surface area contributed by atoms with E-state index in [1.165, 1.54) is 12.3 Å². The van der Waals surface area contributed by atoms with E-state index in [4.69, 9.17) is 6.42 Å². The largest absolute Gasteiger partial charge is 0.336 e. The Morgan fingerprint density at radius 3 is 2.87 bits per heavy atom. The number of amides is 1. The Labute approximate surface area is 87.7 Å². The zero-order chi connectivity index (χ0) is 11.5. The fourth-order valence-corrected chi connectivity index (χ4v) is 0.936. The van der Waals surface area contributed by atoms with Gasteiger partial charge in [-0.1, -0.05) is 5.92 Å². The van der Waals surface area contributed by atoms with E-state index in [0.717, 1.165) is 6.07 Å². The second kappa shape index (κ2) is 4.09. The molecule has 1 heterocycles. The molecule has 0 saturated carbocycles. The minimum Gasteiger partial charge on any atom is -0.336 e. The van der Waals surface area contributed by atoms with Crippen molar-refractivity contribution in [2.45, 2.75) is 19.4 Å². The molecule has 0 fully saturated rings. The van der Waals surface area contributed by atoms with E-state index < -0.39 is 17.4 Å². The van der Waals surface area contributed by atoms with Gasteiger partial charge >= 0.3 is 0 Å². The summed E-state index contributed by atoms with van der Waals surface area (Å²) in [6, 6.07) is 2.48. The van der Waals surface area contributed by atoms with E-state index >= 15 is 0 Å². The third-order valence-corrected chi connectivity index (χ3v) is 1.78. The van der Waals surface area contributed by atoms with Gasteiger partial charge in [0.05, 0.1) is 5.54 Å². The highest BCUT2D eigenvalue weighted by Crippen LogP contribution is 2.04. The first-order valence-corrected chi connectivity index (χ1v) is 4.36. The van der Waals surface area contributed by atoms with Crippen molar-refractivity contribution in [3.05, 3.63) is 29.8 Å². The van der Waals surface area contributed by atoms with Gasteiger partial charge in [0.2, 0.25) is 5.95 Å². The summed E-state index contributed by atoms with van der Waals surface area (Å²) in [7, 11) is 0. The van der Waals surface area contributed by atoms with Gasteiger partial charge in [-0.05, 0) is 19.9 Å². The molecule has 15 heavy (non-hydrogen) atoms. The number of nitrogens with one attached hydrogen (secondary N) is 1. The van der Waals surface area contributed by atoms with E-state index in [-0.39, 0.29) is 5.56 Å². The molecule has 1 rings (SSSR count). The lowest BCUT2D eigenvalue weighted by Crippen LogP contribution is -2.42. The monoisotopic (exact) mass is 206 g/mol. The van der Waals surface area contributed by atoms with Crippen LogP contribution in [0.5, 0.6) is 0 Å². The van der Waals surface area contributed by atoms with E-state index in [1.54, 1.807) is 13.8 Å². The summed E-state index contributed by atoms with van der Waals surface area (Å²) in [5.74, 6) is 1.30.